The molecule has 2 aromatic carbocycles. The lowest BCUT2D eigenvalue weighted by Gasteiger charge is -2.11. The summed E-state index contributed by atoms with van der Waals surface area (Å²) >= 11 is 0. The van der Waals surface area contributed by atoms with Crippen LogP contribution in [0.25, 0.3) is 5.82 Å². The second-order valence-electron chi connectivity index (χ2n) is 7.93. The third-order valence-electron chi connectivity index (χ3n) is 5.32. The Morgan fingerprint density at radius 1 is 0.917 bits per heavy atom. The van der Waals surface area contributed by atoms with Gasteiger partial charge in [-0.05, 0) is 69.7 Å². The first-order chi connectivity index (χ1) is 17.2. The zero-order valence-corrected chi connectivity index (χ0v) is 20.0. The Bertz CT molecular complexity index is 1390. The van der Waals surface area contributed by atoms with E-state index in [1.165, 1.54) is 18.2 Å². The highest BCUT2D eigenvalue weighted by atomic mass is 19.3. The zero-order valence-electron chi connectivity index (χ0n) is 20.0. The lowest BCUT2D eigenvalue weighted by atomic mass is 10.2. The van der Waals surface area contributed by atoms with Crippen LogP contribution in [0.1, 0.15) is 22.8 Å². The SMILES string of the molecule is Cc1nc(Oc2ccc(NC(=O)Nc3cccc(OC(F)F)c3)cc2)cc(-n2nc(C)c(C)c2C)n1. The van der Waals surface area contributed by atoms with Gasteiger partial charge in [0.05, 0.1) is 5.69 Å². The van der Waals surface area contributed by atoms with Crippen molar-refractivity contribution < 1.29 is 23.0 Å². The average Bonchev–Trinajstić information content (AvgIpc) is 3.07. The van der Waals surface area contributed by atoms with Crippen molar-refractivity contribution in [2.45, 2.75) is 34.3 Å². The largest absolute Gasteiger partial charge is 0.439 e. The van der Waals surface area contributed by atoms with Crippen molar-refractivity contribution in [2.75, 3.05) is 10.6 Å². The number of amides is 2. The lowest BCUT2D eigenvalue weighted by Crippen LogP contribution is -2.19. The number of benzene rings is 2. The summed E-state index contributed by atoms with van der Waals surface area (Å²) in [6.07, 6.45) is 0. The molecule has 2 N–H and O–H groups in total. The topological polar surface area (TPSA) is 103 Å². The molecule has 0 fully saturated rings. The number of rotatable bonds is 7. The molecule has 11 heteroatoms. The van der Waals surface area contributed by atoms with Gasteiger partial charge in [-0.25, -0.2) is 14.5 Å². The molecule has 0 saturated heterocycles. The summed E-state index contributed by atoms with van der Waals surface area (Å²) in [4.78, 5) is 21.1. The molecule has 0 unspecified atom stereocenters. The molecule has 0 aliphatic carbocycles. The van der Waals surface area contributed by atoms with Crippen LogP contribution >= 0.6 is 0 Å². The van der Waals surface area contributed by atoms with Crippen LogP contribution in [0.5, 0.6) is 17.4 Å². The average molecular weight is 495 g/mol. The number of nitrogens with zero attached hydrogens (tertiary/aromatic N) is 4. The first-order valence-corrected chi connectivity index (χ1v) is 11.0. The molecule has 0 aliphatic rings. The predicted octanol–water partition coefficient (Wildman–Crippen LogP) is 5.93. The second kappa shape index (κ2) is 10.4. The molecule has 36 heavy (non-hydrogen) atoms. The number of nitrogens with one attached hydrogen (secondary N) is 2. The van der Waals surface area contributed by atoms with E-state index in [1.54, 1.807) is 48.0 Å². The zero-order chi connectivity index (χ0) is 25.8. The minimum atomic E-state index is -2.95. The smallest absolute Gasteiger partial charge is 0.387 e. The number of carbonyl (C=O) groups excluding carboxylic acids is 1. The van der Waals surface area contributed by atoms with Crippen molar-refractivity contribution in [3.05, 3.63) is 77.4 Å². The number of halogens is 2. The molecule has 0 atom stereocenters. The molecule has 2 amide bonds. The van der Waals surface area contributed by atoms with Gasteiger partial charge in [0.2, 0.25) is 5.88 Å². The summed E-state index contributed by atoms with van der Waals surface area (Å²) in [5.41, 5.74) is 3.80. The Morgan fingerprint density at radius 3 is 2.31 bits per heavy atom. The van der Waals surface area contributed by atoms with E-state index in [2.05, 4.69) is 30.4 Å². The number of anilines is 2. The third kappa shape index (κ3) is 5.93. The second-order valence-corrected chi connectivity index (χ2v) is 7.93. The molecular weight excluding hydrogens is 470 g/mol. The third-order valence-corrected chi connectivity index (χ3v) is 5.32. The van der Waals surface area contributed by atoms with Gasteiger partial charge in [-0.2, -0.15) is 18.9 Å². The van der Waals surface area contributed by atoms with Crippen molar-refractivity contribution in [1.82, 2.24) is 19.7 Å². The van der Waals surface area contributed by atoms with Gasteiger partial charge in [0.1, 0.15) is 17.3 Å². The maximum Gasteiger partial charge on any atom is 0.387 e. The van der Waals surface area contributed by atoms with Gasteiger partial charge in [0.15, 0.2) is 5.82 Å². The number of hydrogen-bond donors (Lipinski definition) is 2. The van der Waals surface area contributed by atoms with Crippen LogP contribution in [0.4, 0.5) is 25.0 Å². The number of urea groups is 1. The van der Waals surface area contributed by atoms with E-state index >= 15 is 0 Å². The van der Waals surface area contributed by atoms with E-state index in [0.717, 1.165) is 17.0 Å². The van der Waals surface area contributed by atoms with Crippen molar-refractivity contribution in [3.63, 3.8) is 0 Å². The number of hydrogen-bond acceptors (Lipinski definition) is 6. The molecule has 4 rings (SSSR count). The first-order valence-electron chi connectivity index (χ1n) is 11.0. The number of ether oxygens (including phenoxy) is 2. The lowest BCUT2D eigenvalue weighted by molar-refractivity contribution is -0.0498. The standard InChI is InChI=1S/C25H24F2N6O3/c1-14-15(2)32-33(16(14)3)22-13-23(29-17(4)28-22)35-20-10-8-18(9-11-20)30-25(34)31-19-6-5-7-21(12-19)36-24(26)27/h5-13,24H,1-4H3,(H2,30,31,34). The molecule has 2 aromatic heterocycles. The molecule has 0 aliphatic heterocycles. The monoisotopic (exact) mass is 494 g/mol. The van der Waals surface area contributed by atoms with Crippen LogP contribution in [-0.2, 0) is 0 Å². The van der Waals surface area contributed by atoms with E-state index in [9.17, 15) is 13.6 Å². The van der Waals surface area contributed by atoms with E-state index < -0.39 is 12.6 Å². The van der Waals surface area contributed by atoms with Gasteiger partial charge in [-0.1, -0.05) is 6.07 Å². The highest BCUT2D eigenvalue weighted by Gasteiger charge is 2.13. The quantitative estimate of drug-likeness (QED) is 0.330. The minimum Gasteiger partial charge on any atom is -0.439 e. The Morgan fingerprint density at radius 2 is 1.64 bits per heavy atom. The molecule has 9 nitrogen and oxygen atoms in total. The highest BCUT2D eigenvalue weighted by molar-refractivity contribution is 5.99. The van der Waals surface area contributed by atoms with Crippen LogP contribution in [0.15, 0.2) is 54.6 Å². The first kappa shape index (κ1) is 24.6. The maximum absolute atomic E-state index is 12.4. The Hall–Kier alpha value is -4.54. The summed E-state index contributed by atoms with van der Waals surface area (Å²) in [7, 11) is 0. The van der Waals surface area contributed by atoms with Crippen LogP contribution in [0.2, 0.25) is 0 Å². The van der Waals surface area contributed by atoms with Crippen LogP contribution in [0.3, 0.4) is 0 Å². The fourth-order valence-electron chi connectivity index (χ4n) is 3.40. The molecular formula is C25H24F2N6O3. The van der Waals surface area contributed by atoms with E-state index in [1.807, 2.05) is 20.8 Å². The maximum atomic E-state index is 12.4. The normalized spacial score (nSPS) is 10.9. The number of carbonyl (C=O) groups is 1. The van der Waals surface area contributed by atoms with E-state index in [0.29, 0.717) is 34.6 Å². The number of aromatic nitrogens is 4. The van der Waals surface area contributed by atoms with Gasteiger partial charge in [-0.15, -0.1) is 0 Å². The van der Waals surface area contributed by atoms with Crippen molar-refractivity contribution >= 4 is 17.4 Å². The highest BCUT2D eigenvalue weighted by Crippen LogP contribution is 2.25. The van der Waals surface area contributed by atoms with Crippen LogP contribution in [-0.4, -0.2) is 32.4 Å². The molecule has 2 heterocycles. The fraction of sp³-hybridized carbons (Fsp3) is 0.200. The van der Waals surface area contributed by atoms with E-state index in [-0.39, 0.29) is 5.75 Å². The Labute approximate surface area is 206 Å². The molecule has 186 valence electrons. The van der Waals surface area contributed by atoms with E-state index in [4.69, 9.17) is 4.74 Å². The minimum absolute atomic E-state index is 0.0552. The molecule has 0 bridgehead atoms. The molecule has 0 radical (unpaired) electrons. The van der Waals surface area contributed by atoms with Crippen molar-refractivity contribution in [3.8, 4) is 23.2 Å². The molecule has 0 spiro atoms. The summed E-state index contributed by atoms with van der Waals surface area (Å²) < 4.78 is 36.8. The van der Waals surface area contributed by atoms with Gasteiger partial charge >= 0.3 is 12.6 Å². The Balaban J connectivity index is 1.41. The van der Waals surface area contributed by atoms with Gasteiger partial charge in [0, 0.05) is 29.2 Å². The van der Waals surface area contributed by atoms with Crippen LogP contribution < -0.4 is 20.1 Å². The number of alkyl halides is 2. The molecule has 0 saturated carbocycles. The summed E-state index contributed by atoms with van der Waals surface area (Å²) in [6, 6.07) is 13.5. The summed E-state index contributed by atoms with van der Waals surface area (Å²) in [5.74, 6) is 1.94. The summed E-state index contributed by atoms with van der Waals surface area (Å²) in [6.45, 7) is 4.75. The molecule has 4 aromatic rings. The predicted molar refractivity (Wildman–Crippen MR) is 130 cm³/mol. The fourth-order valence-corrected chi connectivity index (χ4v) is 3.40. The van der Waals surface area contributed by atoms with Crippen molar-refractivity contribution in [1.29, 1.82) is 0 Å². The van der Waals surface area contributed by atoms with Crippen molar-refractivity contribution in [2.24, 2.45) is 0 Å². The van der Waals surface area contributed by atoms with Gasteiger partial charge < -0.3 is 20.1 Å². The Kier molecular flexibility index (Phi) is 7.09. The van der Waals surface area contributed by atoms with Gasteiger partial charge in [-0.3, -0.25) is 0 Å². The van der Waals surface area contributed by atoms with Gasteiger partial charge in [0.25, 0.3) is 0 Å². The number of aryl methyl sites for hydroxylation is 2. The summed E-state index contributed by atoms with van der Waals surface area (Å²) in [5, 5.41) is 9.77. The van der Waals surface area contributed by atoms with Crippen LogP contribution in [0, 0.1) is 27.7 Å².